The van der Waals surface area contributed by atoms with Gasteiger partial charge in [0, 0.05) is 19.2 Å². The van der Waals surface area contributed by atoms with Gasteiger partial charge >= 0.3 is 5.97 Å². The molecule has 1 atom stereocenters. The summed E-state index contributed by atoms with van der Waals surface area (Å²) in [7, 11) is 0. The van der Waals surface area contributed by atoms with E-state index in [4.69, 9.17) is 5.73 Å². The van der Waals surface area contributed by atoms with Crippen molar-refractivity contribution in [1.29, 1.82) is 0 Å². The van der Waals surface area contributed by atoms with Crippen molar-refractivity contribution in [2.45, 2.75) is 45.6 Å². The van der Waals surface area contributed by atoms with Crippen LogP contribution in [0.25, 0.3) is 0 Å². The summed E-state index contributed by atoms with van der Waals surface area (Å²) in [6.07, 6.45) is 7.70. The van der Waals surface area contributed by atoms with Crippen LogP contribution >= 0.6 is 0 Å². The topological polar surface area (TPSA) is 81.1 Å². The van der Waals surface area contributed by atoms with E-state index < -0.39 is 5.97 Å². The highest BCUT2D eigenvalue weighted by atomic mass is 16.4. The van der Waals surface area contributed by atoms with Gasteiger partial charge in [-0.05, 0) is 25.8 Å². The predicted octanol–water partition coefficient (Wildman–Crippen LogP) is 1.67. The first-order valence-corrected chi connectivity index (χ1v) is 6.60. The summed E-state index contributed by atoms with van der Waals surface area (Å²) in [5.74, 6) is -1.08. The molecule has 0 saturated carbocycles. The van der Waals surface area contributed by atoms with E-state index in [0.29, 0.717) is 19.4 Å². The molecule has 0 aliphatic carbocycles. The molecular weight excluding hydrogens is 230 g/mol. The van der Waals surface area contributed by atoms with Gasteiger partial charge in [0.15, 0.2) is 0 Å². The molecule has 0 fully saturated rings. The number of nitrogens with zero attached hydrogens (tertiary/aromatic N) is 2. The van der Waals surface area contributed by atoms with E-state index in [1.54, 1.807) is 6.33 Å². The quantitative estimate of drug-likeness (QED) is 0.656. The molecule has 5 heteroatoms. The Morgan fingerprint density at radius 1 is 1.56 bits per heavy atom. The molecule has 1 aromatic rings. The first-order valence-electron chi connectivity index (χ1n) is 6.60. The van der Waals surface area contributed by atoms with Gasteiger partial charge in [-0.3, -0.25) is 4.79 Å². The number of imidazole rings is 1. The lowest BCUT2D eigenvalue weighted by Crippen LogP contribution is -2.17. The van der Waals surface area contributed by atoms with Crippen LogP contribution in [0.2, 0.25) is 0 Å². The number of nitrogens with two attached hydrogens (primary N) is 1. The molecule has 0 spiro atoms. The minimum atomic E-state index is -0.739. The number of carboxylic acids is 1. The van der Waals surface area contributed by atoms with Gasteiger partial charge < -0.3 is 15.4 Å². The summed E-state index contributed by atoms with van der Waals surface area (Å²) in [6, 6.07) is 0. The normalized spacial score (nSPS) is 12.6. The van der Waals surface area contributed by atoms with Crippen LogP contribution in [-0.2, 0) is 17.8 Å². The van der Waals surface area contributed by atoms with E-state index in [1.807, 2.05) is 10.8 Å². The number of unbranched alkanes of at least 4 members (excludes halogenated alkanes) is 1. The van der Waals surface area contributed by atoms with Gasteiger partial charge in [-0.15, -0.1) is 0 Å². The highest BCUT2D eigenvalue weighted by Crippen LogP contribution is 2.14. The molecule has 1 aromatic heterocycles. The van der Waals surface area contributed by atoms with E-state index in [0.717, 1.165) is 31.5 Å². The van der Waals surface area contributed by atoms with E-state index in [2.05, 4.69) is 11.9 Å². The van der Waals surface area contributed by atoms with Gasteiger partial charge in [0.25, 0.3) is 0 Å². The van der Waals surface area contributed by atoms with Crippen LogP contribution in [0.3, 0.4) is 0 Å². The first kappa shape index (κ1) is 14.7. The number of rotatable bonds is 9. The van der Waals surface area contributed by atoms with Crippen LogP contribution < -0.4 is 5.73 Å². The van der Waals surface area contributed by atoms with Crippen molar-refractivity contribution in [1.82, 2.24) is 9.55 Å². The van der Waals surface area contributed by atoms with Gasteiger partial charge in [-0.1, -0.05) is 13.3 Å². The second-order valence-corrected chi connectivity index (χ2v) is 4.63. The Hall–Kier alpha value is -1.36. The summed E-state index contributed by atoms with van der Waals surface area (Å²) in [4.78, 5) is 15.4. The summed E-state index contributed by atoms with van der Waals surface area (Å²) >= 11 is 0. The van der Waals surface area contributed by atoms with Crippen molar-refractivity contribution < 1.29 is 9.90 Å². The van der Waals surface area contributed by atoms with Gasteiger partial charge in [0.05, 0.1) is 17.9 Å². The van der Waals surface area contributed by atoms with E-state index >= 15 is 0 Å². The Morgan fingerprint density at radius 2 is 2.33 bits per heavy atom. The third-order valence-electron chi connectivity index (χ3n) is 2.98. The second kappa shape index (κ2) is 7.87. The standard InChI is InChI=1S/C13H23N3O2/c1-2-7-16-9-12(15-10-16)8-11(13(17)18)5-3-4-6-14/h9-11H,2-8,14H2,1H3,(H,17,18). The molecule has 5 nitrogen and oxygen atoms in total. The fourth-order valence-corrected chi connectivity index (χ4v) is 1.99. The van der Waals surface area contributed by atoms with Crippen molar-refractivity contribution in [3.63, 3.8) is 0 Å². The zero-order valence-corrected chi connectivity index (χ0v) is 11.0. The SMILES string of the molecule is CCCn1cnc(CC(CCCCN)C(=O)O)c1. The minimum Gasteiger partial charge on any atom is -0.481 e. The Bertz CT molecular complexity index is 363. The number of carboxylic acid groups (broad SMARTS) is 1. The van der Waals surface area contributed by atoms with E-state index in [-0.39, 0.29) is 5.92 Å². The molecule has 18 heavy (non-hydrogen) atoms. The third kappa shape index (κ3) is 4.87. The number of aromatic nitrogens is 2. The average molecular weight is 253 g/mol. The van der Waals surface area contributed by atoms with Crippen molar-refractivity contribution >= 4 is 5.97 Å². The molecule has 0 aromatic carbocycles. The average Bonchev–Trinajstić information content (AvgIpc) is 2.76. The predicted molar refractivity (Wildman–Crippen MR) is 70.3 cm³/mol. The zero-order chi connectivity index (χ0) is 13.4. The molecular formula is C13H23N3O2. The molecule has 3 N–H and O–H groups in total. The first-order chi connectivity index (χ1) is 8.67. The third-order valence-corrected chi connectivity index (χ3v) is 2.98. The highest BCUT2D eigenvalue weighted by molar-refractivity contribution is 5.70. The minimum absolute atomic E-state index is 0.346. The maximum Gasteiger partial charge on any atom is 0.306 e. The molecule has 0 aliphatic heterocycles. The maximum atomic E-state index is 11.2. The summed E-state index contributed by atoms with van der Waals surface area (Å²) in [5, 5.41) is 9.18. The van der Waals surface area contributed by atoms with Crippen molar-refractivity contribution in [3.05, 3.63) is 18.2 Å². The molecule has 1 rings (SSSR count). The number of hydrogen-bond acceptors (Lipinski definition) is 3. The van der Waals surface area contributed by atoms with Crippen molar-refractivity contribution in [3.8, 4) is 0 Å². The van der Waals surface area contributed by atoms with Gasteiger partial charge in [-0.2, -0.15) is 0 Å². The van der Waals surface area contributed by atoms with Crippen molar-refractivity contribution in [2.75, 3.05) is 6.54 Å². The van der Waals surface area contributed by atoms with Gasteiger partial charge in [0.2, 0.25) is 0 Å². The molecule has 0 bridgehead atoms. The van der Waals surface area contributed by atoms with E-state index in [1.165, 1.54) is 0 Å². The Morgan fingerprint density at radius 3 is 2.94 bits per heavy atom. The molecule has 0 saturated heterocycles. The lowest BCUT2D eigenvalue weighted by atomic mass is 9.97. The Kier molecular flexibility index (Phi) is 6.43. The molecule has 0 aliphatic rings. The molecule has 0 amide bonds. The van der Waals surface area contributed by atoms with Gasteiger partial charge in [0.1, 0.15) is 0 Å². The lowest BCUT2D eigenvalue weighted by molar-refractivity contribution is -0.142. The lowest BCUT2D eigenvalue weighted by Gasteiger charge is -2.10. The largest absolute Gasteiger partial charge is 0.481 e. The van der Waals surface area contributed by atoms with Crippen LogP contribution in [-0.4, -0.2) is 27.2 Å². The maximum absolute atomic E-state index is 11.2. The van der Waals surface area contributed by atoms with Crippen LogP contribution in [0.15, 0.2) is 12.5 Å². The van der Waals surface area contributed by atoms with Gasteiger partial charge in [-0.25, -0.2) is 4.98 Å². The van der Waals surface area contributed by atoms with Crippen LogP contribution in [0.5, 0.6) is 0 Å². The number of carbonyl (C=O) groups is 1. The number of aliphatic carboxylic acids is 1. The fraction of sp³-hybridized carbons (Fsp3) is 0.692. The van der Waals surface area contributed by atoms with Crippen LogP contribution in [0.4, 0.5) is 0 Å². The van der Waals surface area contributed by atoms with Crippen LogP contribution in [0.1, 0.15) is 38.3 Å². The zero-order valence-electron chi connectivity index (χ0n) is 11.0. The fourth-order valence-electron chi connectivity index (χ4n) is 1.99. The van der Waals surface area contributed by atoms with Crippen LogP contribution in [0, 0.1) is 5.92 Å². The smallest absolute Gasteiger partial charge is 0.306 e. The highest BCUT2D eigenvalue weighted by Gasteiger charge is 2.18. The molecule has 1 unspecified atom stereocenters. The Balaban J connectivity index is 2.50. The summed E-state index contributed by atoms with van der Waals surface area (Å²) in [5.41, 5.74) is 6.28. The monoisotopic (exact) mass is 253 g/mol. The number of aryl methyl sites for hydroxylation is 1. The Labute approximate surface area is 108 Å². The second-order valence-electron chi connectivity index (χ2n) is 4.63. The van der Waals surface area contributed by atoms with E-state index in [9.17, 15) is 9.90 Å². The molecule has 1 heterocycles. The molecule has 102 valence electrons. The summed E-state index contributed by atoms with van der Waals surface area (Å²) < 4.78 is 2.01. The number of hydrogen-bond donors (Lipinski definition) is 2. The molecule has 0 radical (unpaired) electrons. The van der Waals surface area contributed by atoms with Crippen molar-refractivity contribution in [2.24, 2.45) is 11.7 Å². The summed E-state index contributed by atoms with van der Waals surface area (Å²) in [6.45, 7) is 3.65.